The summed E-state index contributed by atoms with van der Waals surface area (Å²) in [5.74, 6) is 0. The Kier molecular flexibility index (Phi) is 4.92. The van der Waals surface area contributed by atoms with Gasteiger partial charge in [0.1, 0.15) is 5.69 Å². The number of hydrogen-bond donors (Lipinski definition) is 1. The third-order valence-electron chi connectivity index (χ3n) is 4.30. The van der Waals surface area contributed by atoms with Crippen LogP contribution in [0.1, 0.15) is 11.1 Å². The van der Waals surface area contributed by atoms with Crippen molar-refractivity contribution in [2.45, 2.75) is 13.0 Å². The number of hydrogen-bond acceptors (Lipinski definition) is 6. The van der Waals surface area contributed by atoms with Gasteiger partial charge in [-0.25, -0.2) is 0 Å². The fourth-order valence-electron chi connectivity index (χ4n) is 3.02. The molecular weight excluding hydrogens is 354 g/mol. The Labute approximate surface area is 155 Å². The van der Waals surface area contributed by atoms with Gasteiger partial charge in [-0.1, -0.05) is 41.1 Å². The molecule has 5 nitrogen and oxygen atoms in total. The minimum atomic E-state index is 0.834. The number of anilines is 1. The number of fused-ring (bicyclic) bond motifs is 1. The largest absolute Gasteiger partial charge is 0.359 e. The summed E-state index contributed by atoms with van der Waals surface area (Å²) in [6.07, 6.45) is 2.78. The van der Waals surface area contributed by atoms with Gasteiger partial charge in [0.25, 0.3) is 0 Å². The molecule has 3 aromatic rings. The van der Waals surface area contributed by atoms with Crippen molar-refractivity contribution in [1.82, 2.24) is 20.1 Å². The number of rotatable bonds is 5. The molecule has 0 unspecified atom stereocenters. The predicted octanol–water partition coefficient (Wildman–Crippen LogP) is 3.72. The summed E-state index contributed by atoms with van der Waals surface area (Å²) in [7, 11) is 0. The van der Waals surface area contributed by atoms with Crippen molar-refractivity contribution in [3.8, 4) is 10.7 Å². The van der Waals surface area contributed by atoms with Crippen molar-refractivity contribution in [1.29, 1.82) is 0 Å². The Morgan fingerprint density at radius 2 is 2.12 bits per heavy atom. The topological polar surface area (TPSA) is 53.9 Å². The van der Waals surface area contributed by atoms with Gasteiger partial charge in [0.05, 0.1) is 0 Å². The van der Waals surface area contributed by atoms with E-state index in [1.165, 1.54) is 22.5 Å². The van der Waals surface area contributed by atoms with Crippen LogP contribution < -0.4 is 5.32 Å². The van der Waals surface area contributed by atoms with Crippen molar-refractivity contribution >= 4 is 28.1 Å². The Morgan fingerprint density at radius 3 is 3.00 bits per heavy atom. The van der Waals surface area contributed by atoms with Gasteiger partial charge in [-0.2, -0.15) is 0 Å². The minimum absolute atomic E-state index is 0.834. The van der Waals surface area contributed by atoms with E-state index in [1.54, 1.807) is 6.20 Å². The molecule has 0 aliphatic carbocycles. The first-order valence-electron chi connectivity index (χ1n) is 8.27. The van der Waals surface area contributed by atoms with Gasteiger partial charge in [-0.05, 0) is 35.7 Å². The van der Waals surface area contributed by atoms with Gasteiger partial charge in [-0.3, -0.25) is 9.88 Å². The quantitative estimate of drug-likeness (QED) is 0.740. The molecule has 7 heteroatoms. The molecule has 1 aliphatic heterocycles. The summed E-state index contributed by atoms with van der Waals surface area (Å²) in [4.78, 5) is 6.74. The van der Waals surface area contributed by atoms with Gasteiger partial charge < -0.3 is 5.32 Å². The molecule has 1 aromatic carbocycles. The molecule has 25 heavy (non-hydrogen) atoms. The summed E-state index contributed by atoms with van der Waals surface area (Å²) in [5.41, 5.74) is 3.50. The second-order valence-electron chi connectivity index (χ2n) is 5.96. The molecule has 0 bridgehead atoms. The molecular formula is C18H18ClN5S. The van der Waals surface area contributed by atoms with Crippen molar-refractivity contribution in [3.63, 3.8) is 0 Å². The maximum Gasteiger partial charge on any atom is 0.206 e. The monoisotopic (exact) mass is 371 g/mol. The number of halogens is 1. The highest BCUT2D eigenvalue weighted by Crippen LogP contribution is 2.26. The first-order chi connectivity index (χ1) is 12.3. The smallest absolute Gasteiger partial charge is 0.206 e. The van der Waals surface area contributed by atoms with Crippen LogP contribution in [0, 0.1) is 0 Å². The average molecular weight is 372 g/mol. The van der Waals surface area contributed by atoms with Crippen LogP contribution in [0.2, 0.25) is 5.02 Å². The summed E-state index contributed by atoms with van der Waals surface area (Å²) >= 11 is 7.81. The molecule has 3 heterocycles. The van der Waals surface area contributed by atoms with E-state index in [1.807, 2.05) is 30.3 Å². The van der Waals surface area contributed by atoms with Crippen LogP contribution in [0.4, 0.5) is 5.13 Å². The normalized spacial score (nSPS) is 14.3. The Bertz CT molecular complexity index is 852. The molecule has 0 spiro atoms. The Balaban J connectivity index is 1.31. The number of aromatic nitrogens is 3. The SMILES string of the molecule is Clc1cccc2c1CCN(CCNc1nnc(-c3ccccn3)s1)C2. The lowest BCUT2D eigenvalue weighted by Crippen LogP contribution is -2.34. The van der Waals surface area contributed by atoms with E-state index in [4.69, 9.17) is 11.6 Å². The zero-order chi connectivity index (χ0) is 17.1. The predicted molar refractivity (Wildman–Crippen MR) is 102 cm³/mol. The molecule has 0 fully saturated rings. The maximum absolute atomic E-state index is 6.28. The molecule has 1 N–H and O–H groups in total. The van der Waals surface area contributed by atoms with Gasteiger partial charge in [0.15, 0.2) is 5.01 Å². The van der Waals surface area contributed by atoms with Gasteiger partial charge >= 0.3 is 0 Å². The van der Waals surface area contributed by atoms with Crippen LogP contribution in [-0.4, -0.2) is 39.7 Å². The van der Waals surface area contributed by atoms with Crippen molar-refractivity contribution in [2.24, 2.45) is 0 Å². The van der Waals surface area contributed by atoms with E-state index < -0.39 is 0 Å². The van der Waals surface area contributed by atoms with Crippen LogP contribution in [-0.2, 0) is 13.0 Å². The lowest BCUT2D eigenvalue weighted by molar-refractivity contribution is 0.264. The minimum Gasteiger partial charge on any atom is -0.359 e. The highest BCUT2D eigenvalue weighted by atomic mass is 35.5. The number of nitrogens with one attached hydrogen (secondary N) is 1. The highest BCUT2D eigenvalue weighted by Gasteiger charge is 2.17. The number of benzene rings is 1. The van der Waals surface area contributed by atoms with Crippen LogP contribution in [0.15, 0.2) is 42.6 Å². The molecule has 0 saturated heterocycles. The summed E-state index contributed by atoms with van der Waals surface area (Å²) in [6.45, 7) is 3.79. The molecule has 0 atom stereocenters. The molecule has 4 rings (SSSR count). The van der Waals surface area contributed by atoms with Crippen LogP contribution in [0.3, 0.4) is 0 Å². The lowest BCUT2D eigenvalue weighted by atomic mass is 10.00. The van der Waals surface area contributed by atoms with Crippen LogP contribution >= 0.6 is 22.9 Å². The molecule has 0 saturated carbocycles. The van der Waals surface area contributed by atoms with Gasteiger partial charge in [0, 0.05) is 37.4 Å². The van der Waals surface area contributed by atoms with Crippen LogP contribution in [0.25, 0.3) is 10.7 Å². The molecule has 0 radical (unpaired) electrons. The van der Waals surface area contributed by atoms with E-state index in [0.29, 0.717) is 0 Å². The van der Waals surface area contributed by atoms with E-state index in [0.717, 1.165) is 53.5 Å². The average Bonchev–Trinajstić information content (AvgIpc) is 3.12. The summed E-state index contributed by atoms with van der Waals surface area (Å²) in [6, 6.07) is 12.0. The van der Waals surface area contributed by atoms with Crippen molar-refractivity contribution in [2.75, 3.05) is 25.0 Å². The maximum atomic E-state index is 6.28. The molecule has 0 amide bonds. The Hall–Kier alpha value is -2.02. The van der Waals surface area contributed by atoms with E-state index >= 15 is 0 Å². The first-order valence-corrected chi connectivity index (χ1v) is 9.46. The van der Waals surface area contributed by atoms with Crippen molar-refractivity contribution < 1.29 is 0 Å². The molecule has 2 aromatic heterocycles. The fourth-order valence-corrected chi connectivity index (χ4v) is 4.06. The van der Waals surface area contributed by atoms with E-state index in [2.05, 4.69) is 31.5 Å². The Morgan fingerprint density at radius 1 is 1.16 bits per heavy atom. The fraction of sp³-hybridized carbons (Fsp3) is 0.278. The number of pyridine rings is 1. The van der Waals surface area contributed by atoms with E-state index in [-0.39, 0.29) is 0 Å². The highest BCUT2D eigenvalue weighted by molar-refractivity contribution is 7.18. The lowest BCUT2D eigenvalue weighted by Gasteiger charge is -2.29. The van der Waals surface area contributed by atoms with Gasteiger partial charge in [-0.15, -0.1) is 10.2 Å². The van der Waals surface area contributed by atoms with Crippen LogP contribution in [0.5, 0.6) is 0 Å². The summed E-state index contributed by atoms with van der Waals surface area (Å²) < 4.78 is 0. The zero-order valence-corrected chi connectivity index (χ0v) is 15.2. The van der Waals surface area contributed by atoms with Gasteiger partial charge in [0.2, 0.25) is 5.13 Å². The number of nitrogens with zero attached hydrogens (tertiary/aromatic N) is 4. The second kappa shape index (κ2) is 7.47. The van der Waals surface area contributed by atoms with E-state index in [9.17, 15) is 0 Å². The third-order valence-corrected chi connectivity index (χ3v) is 5.56. The molecule has 128 valence electrons. The zero-order valence-electron chi connectivity index (χ0n) is 13.7. The standard InChI is InChI=1S/C18H18ClN5S/c19-15-5-3-4-13-12-24(10-7-14(13)15)11-9-21-18-23-22-17(25-18)16-6-1-2-8-20-16/h1-6,8H,7,9-12H2,(H,21,23). The first kappa shape index (κ1) is 16.4. The molecule has 1 aliphatic rings. The second-order valence-corrected chi connectivity index (χ2v) is 7.34. The third kappa shape index (κ3) is 3.81. The van der Waals surface area contributed by atoms with Crippen molar-refractivity contribution in [3.05, 3.63) is 58.7 Å². The summed E-state index contributed by atoms with van der Waals surface area (Å²) in [5, 5.41) is 14.3.